The number of nitrogens with one attached hydrogen (secondary N) is 1. The molecule has 0 saturated carbocycles. The molecular formula is C24H33N3O5S. The first-order valence-electron chi connectivity index (χ1n) is 11.2. The smallest absolute Gasteiger partial charge is 0.324 e. The highest BCUT2D eigenvalue weighted by atomic mass is 32.2. The summed E-state index contributed by atoms with van der Waals surface area (Å²) in [4.78, 5) is 28.5. The summed E-state index contributed by atoms with van der Waals surface area (Å²) in [5, 5.41) is 2.64. The Bertz CT molecular complexity index is 968. The van der Waals surface area contributed by atoms with E-state index in [0.717, 1.165) is 12.0 Å². The van der Waals surface area contributed by atoms with Gasteiger partial charge in [-0.25, -0.2) is 8.42 Å². The van der Waals surface area contributed by atoms with Gasteiger partial charge in [-0.3, -0.25) is 14.6 Å². The van der Waals surface area contributed by atoms with Gasteiger partial charge in [-0.05, 0) is 36.5 Å². The van der Waals surface area contributed by atoms with Gasteiger partial charge in [0.1, 0.15) is 6.04 Å². The largest absolute Gasteiger partial charge is 0.454 e. The number of piperidine rings is 1. The van der Waals surface area contributed by atoms with Crippen LogP contribution in [0.1, 0.15) is 50.7 Å². The Morgan fingerprint density at radius 3 is 2.45 bits per heavy atom. The molecule has 2 aromatic rings. The normalized spacial score (nSPS) is 16.2. The number of esters is 1. The number of sulfonamides is 1. The molecule has 0 spiro atoms. The molecule has 1 fully saturated rings. The van der Waals surface area contributed by atoms with Crippen LogP contribution in [-0.4, -0.2) is 48.8 Å². The van der Waals surface area contributed by atoms with Crippen molar-refractivity contribution in [2.45, 2.75) is 57.9 Å². The van der Waals surface area contributed by atoms with Gasteiger partial charge in [-0.1, -0.05) is 56.7 Å². The van der Waals surface area contributed by atoms with Crippen molar-refractivity contribution in [1.29, 1.82) is 0 Å². The number of amides is 1. The van der Waals surface area contributed by atoms with Crippen molar-refractivity contribution in [1.82, 2.24) is 14.6 Å². The molecule has 1 aromatic heterocycles. The minimum Gasteiger partial charge on any atom is -0.454 e. The Balaban J connectivity index is 0.00000122. The van der Waals surface area contributed by atoms with Crippen LogP contribution in [0.5, 0.6) is 0 Å². The van der Waals surface area contributed by atoms with Gasteiger partial charge < -0.3 is 10.1 Å². The monoisotopic (exact) mass is 475 g/mol. The maximum absolute atomic E-state index is 12.9. The SMILES string of the molecule is CCC.O=C(COC(=O)[C@@H]1CCCCN1S(=O)(=O)Cc1ccccc1)NCc1cccnc1. The lowest BCUT2D eigenvalue weighted by molar-refractivity contribution is -0.153. The van der Waals surface area contributed by atoms with Gasteiger partial charge in [-0.2, -0.15) is 4.31 Å². The predicted molar refractivity (Wildman–Crippen MR) is 126 cm³/mol. The topological polar surface area (TPSA) is 106 Å². The fourth-order valence-corrected chi connectivity index (χ4v) is 5.09. The van der Waals surface area contributed by atoms with Crippen molar-refractivity contribution >= 4 is 21.9 Å². The van der Waals surface area contributed by atoms with Gasteiger partial charge in [-0.15, -0.1) is 0 Å². The van der Waals surface area contributed by atoms with E-state index in [1.165, 1.54) is 10.7 Å². The number of nitrogens with zero attached hydrogens (tertiary/aromatic N) is 2. The summed E-state index contributed by atoms with van der Waals surface area (Å²) in [5.41, 5.74) is 1.48. The van der Waals surface area contributed by atoms with Crippen LogP contribution in [0.2, 0.25) is 0 Å². The molecule has 1 amide bonds. The lowest BCUT2D eigenvalue weighted by Crippen LogP contribution is -2.49. The lowest BCUT2D eigenvalue weighted by Gasteiger charge is -2.33. The summed E-state index contributed by atoms with van der Waals surface area (Å²) >= 11 is 0. The number of hydrogen-bond acceptors (Lipinski definition) is 6. The third kappa shape index (κ3) is 8.94. The third-order valence-corrected chi connectivity index (χ3v) is 6.68. The summed E-state index contributed by atoms with van der Waals surface area (Å²) in [6.45, 7) is 4.33. The zero-order valence-corrected chi connectivity index (χ0v) is 20.1. The van der Waals surface area contributed by atoms with Gasteiger partial charge in [0.15, 0.2) is 6.61 Å². The second-order valence-corrected chi connectivity index (χ2v) is 9.74. The molecule has 3 rings (SSSR count). The minimum absolute atomic E-state index is 0.177. The van der Waals surface area contributed by atoms with Crippen molar-refractivity contribution in [2.75, 3.05) is 13.2 Å². The van der Waals surface area contributed by atoms with Crippen molar-refractivity contribution < 1.29 is 22.7 Å². The maximum Gasteiger partial charge on any atom is 0.324 e. The van der Waals surface area contributed by atoms with Gasteiger partial charge in [0.2, 0.25) is 10.0 Å². The van der Waals surface area contributed by atoms with Crippen LogP contribution >= 0.6 is 0 Å². The number of ether oxygens (including phenoxy) is 1. The number of pyridine rings is 1. The van der Waals surface area contributed by atoms with Gasteiger partial charge in [0.05, 0.1) is 5.75 Å². The predicted octanol–water partition coefficient (Wildman–Crippen LogP) is 3.04. The average Bonchev–Trinajstić information content (AvgIpc) is 2.83. The summed E-state index contributed by atoms with van der Waals surface area (Å²) in [6, 6.07) is 11.5. The van der Waals surface area contributed by atoms with Crippen LogP contribution < -0.4 is 5.32 Å². The summed E-state index contributed by atoms with van der Waals surface area (Å²) < 4.78 is 32.2. The molecule has 0 unspecified atom stereocenters. The quantitative estimate of drug-likeness (QED) is 0.589. The van der Waals surface area contributed by atoms with Crippen molar-refractivity contribution in [2.24, 2.45) is 0 Å². The molecule has 1 saturated heterocycles. The molecule has 1 N–H and O–H groups in total. The Labute approximate surface area is 196 Å². The molecule has 1 aliphatic heterocycles. The van der Waals surface area contributed by atoms with E-state index in [1.54, 1.807) is 42.7 Å². The minimum atomic E-state index is -3.69. The molecule has 1 atom stereocenters. The number of benzene rings is 1. The van der Waals surface area contributed by atoms with Crippen LogP contribution in [0.3, 0.4) is 0 Å². The first-order chi connectivity index (χ1) is 15.9. The highest BCUT2D eigenvalue weighted by molar-refractivity contribution is 7.88. The van der Waals surface area contributed by atoms with Crippen molar-refractivity contribution in [3.05, 3.63) is 66.0 Å². The van der Waals surface area contributed by atoms with E-state index in [1.807, 2.05) is 12.1 Å². The number of rotatable bonds is 8. The van der Waals surface area contributed by atoms with Gasteiger partial charge >= 0.3 is 5.97 Å². The van der Waals surface area contributed by atoms with Crippen molar-refractivity contribution in [3.8, 4) is 0 Å². The Morgan fingerprint density at radius 2 is 1.79 bits per heavy atom. The highest BCUT2D eigenvalue weighted by Crippen LogP contribution is 2.24. The summed E-state index contributed by atoms with van der Waals surface area (Å²) in [6.07, 6.45) is 6.30. The standard InChI is InChI=1S/C21H25N3O5S.C3H8/c25-20(23-14-18-9-6-11-22-13-18)15-29-21(26)19-10-4-5-12-24(19)30(27,28)16-17-7-2-1-3-8-17;1-3-2/h1-3,6-9,11,13,19H,4-5,10,12,14-16H2,(H,23,25);3H2,1-2H3/t19-;/m0./s1. The van der Waals surface area contributed by atoms with Crippen LogP contribution in [-0.2, 0) is 36.6 Å². The number of carbonyl (C=O) groups excluding carboxylic acids is 2. The Kier molecular flexibility index (Phi) is 11.0. The van der Waals surface area contributed by atoms with Gasteiger partial charge in [0, 0.05) is 25.5 Å². The van der Waals surface area contributed by atoms with Crippen LogP contribution in [0, 0.1) is 0 Å². The zero-order chi connectivity index (χ0) is 24.1. The molecule has 0 aliphatic carbocycles. The first-order valence-corrected chi connectivity index (χ1v) is 12.8. The number of carbonyl (C=O) groups is 2. The molecule has 0 radical (unpaired) electrons. The number of hydrogen-bond donors (Lipinski definition) is 1. The third-order valence-electron chi connectivity index (χ3n) is 4.83. The summed E-state index contributed by atoms with van der Waals surface area (Å²) in [5.74, 6) is -1.33. The second kappa shape index (κ2) is 13.7. The van der Waals surface area contributed by atoms with E-state index in [-0.39, 0.29) is 18.8 Å². The molecule has 2 heterocycles. The second-order valence-electron chi connectivity index (χ2n) is 7.82. The molecule has 33 heavy (non-hydrogen) atoms. The molecule has 1 aliphatic rings. The fraction of sp³-hybridized carbons (Fsp3) is 0.458. The van der Waals surface area contributed by atoms with E-state index in [0.29, 0.717) is 18.4 Å². The van der Waals surface area contributed by atoms with E-state index in [9.17, 15) is 18.0 Å². The molecule has 180 valence electrons. The lowest BCUT2D eigenvalue weighted by atomic mass is 10.1. The Morgan fingerprint density at radius 1 is 1.09 bits per heavy atom. The van der Waals surface area contributed by atoms with Crippen LogP contribution in [0.4, 0.5) is 0 Å². The van der Waals surface area contributed by atoms with Crippen molar-refractivity contribution in [3.63, 3.8) is 0 Å². The zero-order valence-electron chi connectivity index (χ0n) is 19.3. The summed E-state index contributed by atoms with van der Waals surface area (Å²) in [7, 11) is -3.69. The Hall–Kier alpha value is -2.78. The molecular weight excluding hydrogens is 442 g/mol. The average molecular weight is 476 g/mol. The van der Waals surface area contributed by atoms with Gasteiger partial charge in [0.25, 0.3) is 5.91 Å². The first kappa shape index (κ1) is 26.5. The number of aromatic nitrogens is 1. The van der Waals surface area contributed by atoms with E-state index >= 15 is 0 Å². The molecule has 1 aromatic carbocycles. The van der Waals surface area contributed by atoms with E-state index in [4.69, 9.17) is 4.74 Å². The van der Waals surface area contributed by atoms with E-state index < -0.39 is 34.5 Å². The van der Waals surface area contributed by atoms with Crippen LogP contribution in [0.15, 0.2) is 54.9 Å². The molecule has 0 bridgehead atoms. The highest BCUT2D eigenvalue weighted by Gasteiger charge is 2.37. The van der Waals surface area contributed by atoms with E-state index in [2.05, 4.69) is 24.1 Å². The molecule has 8 nitrogen and oxygen atoms in total. The van der Waals surface area contributed by atoms with Crippen LogP contribution in [0.25, 0.3) is 0 Å². The fourth-order valence-electron chi connectivity index (χ4n) is 3.33. The molecule has 9 heteroatoms. The maximum atomic E-state index is 12.9.